The van der Waals surface area contributed by atoms with Crippen LogP contribution < -0.4 is 25.4 Å². The van der Waals surface area contributed by atoms with Crippen molar-refractivity contribution < 1.29 is 14.2 Å². The lowest BCUT2D eigenvalue weighted by molar-refractivity contribution is 0.179. The van der Waals surface area contributed by atoms with E-state index in [2.05, 4.69) is 15.2 Å². The largest absolute Gasteiger partial charge is 0.497 e. The highest BCUT2D eigenvalue weighted by molar-refractivity contribution is 14.0. The number of halogens is 1. The van der Waals surface area contributed by atoms with E-state index < -0.39 is 0 Å². The predicted octanol–water partition coefficient (Wildman–Crippen LogP) is 2.09. The number of rotatable bonds is 8. The number of nitrogens with zero attached hydrogens (tertiary/aromatic N) is 2. The van der Waals surface area contributed by atoms with Gasteiger partial charge in [-0.3, -0.25) is 4.99 Å². The fourth-order valence-electron chi connectivity index (χ4n) is 3.01. The Bertz CT molecular complexity index is 563. The Morgan fingerprint density at radius 1 is 1.27 bits per heavy atom. The first kappa shape index (κ1) is 22.6. The van der Waals surface area contributed by atoms with Gasteiger partial charge >= 0.3 is 0 Å². The van der Waals surface area contributed by atoms with E-state index in [1.165, 1.54) is 0 Å². The van der Waals surface area contributed by atoms with E-state index in [0.717, 1.165) is 43.2 Å². The van der Waals surface area contributed by atoms with Crippen molar-refractivity contribution in [2.75, 3.05) is 52.5 Å². The van der Waals surface area contributed by atoms with Crippen LogP contribution in [0.25, 0.3) is 0 Å². The third-order valence-electron chi connectivity index (χ3n) is 4.32. The second-order valence-corrected chi connectivity index (χ2v) is 6.40. The van der Waals surface area contributed by atoms with E-state index in [0.29, 0.717) is 18.5 Å². The van der Waals surface area contributed by atoms with E-state index in [1.807, 2.05) is 25.1 Å². The molecule has 1 fully saturated rings. The van der Waals surface area contributed by atoms with Gasteiger partial charge in [0.25, 0.3) is 0 Å². The Hall–Kier alpha value is -1.42. The molecule has 3 N–H and O–H groups in total. The Kier molecular flexibility index (Phi) is 9.85. The molecule has 1 heterocycles. The summed E-state index contributed by atoms with van der Waals surface area (Å²) in [6.45, 7) is 5.27. The second kappa shape index (κ2) is 11.3. The molecule has 0 spiro atoms. The van der Waals surface area contributed by atoms with E-state index in [4.69, 9.17) is 19.9 Å². The first-order valence-corrected chi connectivity index (χ1v) is 8.59. The number of guanidine groups is 1. The molecule has 1 aromatic carbocycles. The lowest BCUT2D eigenvalue weighted by atomic mass is 10.1. The van der Waals surface area contributed by atoms with Crippen molar-refractivity contribution in [1.82, 2.24) is 5.32 Å². The summed E-state index contributed by atoms with van der Waals surface area (Å²) in [4.78, 5) is 6.81. The van der Waals surface area contributed by atoms with Crippen LogP contribution in [0.5, 0.6) is 11.5 Å². The van der Waals surface area contributed by atoms with Gasteiger partial charge in [-0.05, 0) is 19.3 Å². The summed E-state index contributed by atoms with van der Waals surface area (Å²) in [7, 11) is 5.01. The van der Waals surface area contributed by atoms with Gasteiger partial charge in [0.1, 0.15) is 11.5 Å². The number of aliphatic imine (C=N–C) groups is 1. The molecular formula is C18H31IN4O3. The molecule has 2 atom stereocenters. The molecule has 8 heteroatoms. The highest BCUT2D eigenvalue weighted by Crippen LogP contribution is 2.31. The highest BCUT2D eigenvalue weighted by atomic mass is 127. The van der Waals surface area contributed by atoms with Gasteiger partial charge in [-0.1, -0.05) is 0 Å². The first-order valence-electron chi connectivity index (χ1n) is 8.59. The van der Waals surface area contributed by atoms with Crippen molar-refractivity contribution >= 4 is 35.6 Å². The molecule has 0 bridgehead atoms. The molecular weight excluding hydrogens is 447 g/mol. The number of nitrogens with two attached hydrogens (primary N) is 1. The van der Waals surface area contributed by atoms with Gasteiger partial charge < -0.3 is 30.2 Å². The number of methoxy groups -OCH3 is 3. The number of hydrogen-bond donors (Lipinski definition) is 2. The molecule has 0 radical (unpaired) electrons. The zero-order valence-electron chi connectivity index (χ0n) is 16.0. The maximum atomic E-state index is 5.94. The first-order chi connectivity index (χ1) is 12.0. The molecule has 7 nitrogen and oxygen atoms in total. The zero-order valence-corrected chi connectivity index (χ0v) is 18.4. The highest BCUT2D eigenvalue weighted by Gasteiger charge is 2.23. The molecule has 0 saturated carbocycles. The normalized spacial score (nSPS) is 18.2. The lowest BCUT2D eigenvalue weighted by Gasteiger charge is -2.20. The Balaban J connectivity index is 0.00000338. The lowest BCUT2D eigenvalue weighted by Crippen LogP contribution is -2.41. The summed E-state index contributed by atoms with van der Waals surface area (Å²) in [5.41, 5.74) is 7.05. The SMILES string of the molecule is COCC(C)NC(N)=NCC1CCN(c2cc(OC)cc(OC)c2)C1.I. The summed E-state index contributed by atoms with van der Waals surface area (Å²) >= 11 is 0. The van der Waals surface area contributed by atoms with E-state index in [1.54, 1.807) is 21.3 Å². The number of ether oxygens (including phenoxy) is 3. The fraction of sp³-hybridized carbons (Fsp3) is 0.611. The Morgan fingerprint density at radius 2 is 1.92 bits per heavy atom. The molecule has 2 rings (SSSR count). The second-order valence-electron chi connectivity index (χ2n) is 6.40. The number of hydrogen-bond acceptors (Lipinski definition) is 5. The van der Waals surface area contributed by atoms with Crippen LogP contribution in [0.2, 0.25) is 0 Å². The standard InChI is InChI=1S/C18H30N4O3.HI/c1-13(12-23-2)21-18(19)20-10-14-5-6-22(11-14)15-7-16(24-3)9-17(8-15)25-4;/h7-9,13-14H,5-6,10-12H2,1-4H3,(H3,19,20,21);1H. The molecule has 1 aliphatic rings. The van der Waals surface area contributed by atoms with Crippen LogP contribution in [0.4, 0.5) is 5.69 Å². The molecule has 26 heavy (non-hydrogen) atoms. The van der Waals surface area contributed by atoms with E-state index >= 15 is 0 Å². The van der Waals surface area contributed by atoms with Crippen molar-refractivity contribution in [3.63, 3.8) is 0 Å². The molecule has 1 saturated heterocycles. The third kappa shape index (κ3) is 6.71. The maximum absolute atomic E-state index is 5.94. The van der Waals surface area contributed by atoms with Crippen molar-refractivity contribution in [1.29, 1.82) is 0 Å². The quantitative estimate of drug-likeness (QED) is 0.339. The van der Waals surface area contributed by atoms with Crippen molar-refractivity contribution in [3.8, 4) is 11.5 Å². The molecule has 0 aliphatic carbocycles. The predicted molar refractivity (Wildman–Crippen MR) is 116 cm³/mol. The zero-order chi connectivity index (χ0) is 18.2. The minimum absolute atomic E-state index is 0. The number of nitrogens with one attached hydrogen (secondary N) is 1. The summed E-state index contributed by atoms with van der Waals surface area (Å²) in [6, 6.07) is 6.11. The topological polar surface area (TPSA) is 81.3 Å². The average molecular weight is 478 g/mol. The summed E-state index contributed by atoms with van der Waals surface area (Å²) in [5.74, 6) is 2.56. The molecule has 148 valence electrons. The maximum Gasteiger partial charge on any atom is 0.188 e. The van der Waals surface area contributed by atoms with Gasteiger partial charge in [-0.2, -0.15) is 0 Å². The minimum Gasteiger partial charge on any atom is -0.497 e. The van der Waals surface area contributed by atoms with E-state index in [9.17, 15) is 0 Å². The smallest absolute Gasteiger partial charge is 0.188 e. The fourth-order valence-corrected chi connectivity index (χ4v) is 3.01. The van der Waals surface area contributed by atoms with Crippen LogP contribution in [-0.4, -0.2) is 59.6 Å². The molecule has 0 amide bonds. The van der Waals surface area contributed by atoms with Crippen LogP contribution in [0.3, 0.4) is 0 Å². The van der Waals surface area contributed by atoms with Crippen LogP contribution in [0.1, 0.15) is 13.3 Å². The summed E-state index contributed by atoms with van der Waals surface area (Å²) in [6.07, 6.45) is 1.09. The van der Waals surface area contributed by atoms with Gasteiger partial charge in [0, 0.05) is 56.7 Å². The molecule has 1 aromatic rings. The van der Waals surface area contributed by atoms with Crippen molar-refractivity contribution in [2.45, 2.75) is 19.4 Å². The van der Waals surface area contributed by atoms with Gasteiger partial charge in [0.05, 0.1) is 20.8 Å². The van der Waals surface area contributed by atoms with Gasteiger partial charge in [-0.15, -0.1) is 24.0 Å². The molecule has 0 aromatic heterocycles. The van der Waals surface area contributed by atoms with Crippen LogP contribution in [0.15, 0.2) is 23.2 Å². The Labute approximate surface area is 173 Å². The summed E-state index contributed by atoms with van der Waals surface area (Å²) in [5, 5.41) is 3.13. The van der Waals surface area contributed by atoms with Crippen LogP contribution in [0, 0.1) is 5.92 Å². The third-order valence-corrected chi connectivity index (χ3v) is 4.32. The number of benzene rings is 1. The van der Waals surface area contributed by atoms with Crippen molar-refractivity contribution in [2.24, 2.45) is 16.6 Å². The van der Waals surface area contributed by atoms with Gasteiger partial charge in [-0.25, -0.2) is 0 Å². The van der Waals surface area contributed by atoms with Crippen molar-refractivity contribution in [3.05, 3.63) is 18.2 Å². The van der Waals surface area contributed by atoms with E-state index in [-0.39, 0.29) is 30.0 Å². The average Bonchev–Trinajstić information content (AvgIpc) is 3.08. The number of anilines is 1. The monoisotopic (exact) mass is 478 g/mol. The molecule has 2 unspecified atom stereocenters. The van der Waals surface area contributed by atoms with Crippen LogP contribution in [-0.2, 0) is 4.74 Å². The van der Waals surface area contributed by atoms with Gasteiger partial charge in [0.2, 0.25) is 0 Å². The molecule has 1 aliphatic heterocycles. The Morgan fingerprint density at radius 3 is 2.50 bits per heavy atom. The summed E-state index contributed by atoms with van der Waals surface area (Å²) < 4.78 is 15.8. The van der Waals surface area contributed by atoms with Gasteiger partial charge in [0.15, 0.2) is 5.96 Å². The minimum atomic E-state index is 0. The van der Waals surface area contributed by atoms with Crippen LogP contribution >= 0.6 is 24.0 Å².